The molecule has 31 heavy (non-hydrogen) atoms. The van der Waals surface area contributed by atoms with Gasteiger partial charge in [-0.15, -0.1) is 0 Å². The van der Waals surface area contributed by atoms with Gasteiger partial charge in [-0.1, -0.05) is 12.1 Å². The number of nitrogens with zero attached hydrogens (tertiary/aromatic N) is 3. The average molecular weight is 821 g/mol. The zero-order chi connectivity index (χ0) is 22.1. The molecule has 0 saturated heterocycles. The summed E-state index contributed by atoms with van der Waals surface area (Å²) in [5.74, 6) is 0.819. The Morgan fingerprint density at radius 3 is 2.00 bits per heavy atom. The number of hydrogen-bond acceptors (Lipinski definition) is 2. The number of benzene rings is 3. The third kappa shape index (κ3) is 8.71. The molecule has 4 nitrogen and oxygen atoms in total. The topological polar surface area (TPSA) is 36.9 Å². The van der Waals surface area contributed by atoms with Crippen LogP contribution in [0.4, 0.5) is 4.39 Å². The molecule has 4 rings (SSSR count). The molecule has 8 heteroatoms. The molecule has 1 aromatic heterocycles. The van der Waals surface area contributed by atoms with Gasteiger partial charge in [0.25, 0.3) is 0 Å². The maximum absolute atomic E-state index is 12.4. The van der Waals surface area contributed by atoms with E-state index < -0.39 is 0 Å². The maximum atomic E-state index is 12.4. The number of rotatable bonds is 6. The van der Waals surface area contributed by atoms with Crippen LogP contribution in [0.25, 0.3) is 0 Å². The van der Waals surface area contributed by atoms with Crippen LogP contribution in [0.1, 0.15) is 22.5 Å². The van der Waals surface area contributed by atoms with E-state index in [2.05, 4.69) is 124 Å². The molecule has 0 spiro atoms. The van der Waals surface area contributed by atoms with Gasteiger partial charge < -0.3 is 0 Å². The Kier molecular flexibility index (Phi) is 10.1. The second kappa shape index (κ2) is 12.8. The van der Waals surface area contributed by atoms with E-state index in [9.17, 15) is 4.39 Å². The van der Waals surface area contributed by atoms with Crippen LogP contribution in [-0.4, -0.2) is 16.1 Å². The molecule has 1 heterocycles. The first-order valence-corrected chi connectivity index (χ1v) is 12.6. The van der Waals surface area contributed by atoms with Crippen molar-refractivity contribution >= 4 is 45.7 Å². The Bertz CT molecular complexity index is 1110. The fraction of sp³-hybridized carbons (Fsp3) is 0.130. The van der Waals surface area contributed by atoms with Gasteiger partial charge in [-0.25, -0.2) is 4.39 Å². The van der Waals surface area contributed by atoms with Gasteiger partial charge in [0.05, 0.1) is 0 Å². The summed E-state index contributed by atoms with van der Waals surface area (Å²) >= 11 is 6.64. The second-order valence-electron chi connectivity index (χ2n) is 6.73. The van der Waals surface area contributed by atoms with Crippen LogP contribution in [0.5, 0.6) is 0 Å². The van der Waals surface area contributed by atoms with Crippen LogP contribution in [-0.2, 0) is 38.9 Å². The second-order valence-corrected chi connectivity index (χ2v) is 12.0. The van der Waals surface area contributed by atoms with E-state index in [1.807, 2.05) is 18.1 Å². The molecule has 0 atom stereocenters. The van der Waals surface area contributed by atoms with Crippen molar-refractivity contribution in [3.8, 4) is 0 Å². The molecule has 0 bridgehead atoms. The number of halogens is 3. The van der Waals surface area contributed by atoms with E-state index in [4.69, 9.17) is 0 Å². The Morgan fingerprint density at radius 2 is 1.42 bits per heavy atom. The predicted molar refractivity (Wildman–Crippen MR) is 135 cm³/mol. The molecule has 1 N–H and O–H groups in total. The summed E-state index contributed by atoms with van der Waals surface area (Å²) in [4.78, 5) is 3.35. The van der Waals surface area contributed by atoms with E-state index in [0.29, 0.717) is 0 Å². The Balaban J connectivity index is 0.000000210. The summed E-state index contributed by atoms with van der Waals surface area (Å²) in [7, 11) is 0. The van der Waals surface area contributed by atoms with E-state index in [1.54, 1.807) is 12.1 Å². The molecule has 4 aromatic rings. The molecule has 0 aliphatic rings. The quantitative estimate of drug-likeness (QED) is 0.185. The number of hydrogen-bond donors (Lipinski definition) is 1. The molecule has 0 aliphatic heterocycles. The summed E-state index contributed by atoms with van der Waals surface area (Å²) in [5.41, 5.74) is 3.65. The monoisotopic (exact) mass is 821 g/mol. The van der Waals surface area contributed by atoms with Crippen molar-refractivity contribution in [3.63, 3.8) is 0 Å². The van der Waals surface area contributed by atoms with Gasteiger partial charge in [-0.05, 0) is 17.7 Å². The summed E-state index contributed by atoms with van der Waals surface area (Å²) in [6.07, 6.45) is 0.832. The molecule has 3 aromatic carbocycles. The summed E-state index contributed by atoms with van der Waals surface area (Å²) in [5, 5.41) is 4.65. The van der Waals surface area contributed by atoms with Gasteiger partial charge in [0.1, 0.15) is 5.82 Å². The van der Waals surface area contributed by atoms with E-state index >= 15 is 0 Å². The van der Waals surface area contributed by atoms with Crippen molar-refractivity contribution in [2.45, 2.75) is 19.5 Å². The number of nitrogens with one attached hydrogen (secondary N) is 1. The van der Waals surface area contributed by atoms with E-state index in [1.165, 1.54) is 23.3 Å². The SMILES string of the molecule is Fc1ccc(CN(I)I)cc1.[Pt]=[c]1[nH]c(Cc2ccccc2)nn1Cc1ccccc1. The third-order valence-corrected chi connectivity index (χ3v) is 5.85. The molecule has 164 valence electrons. The van der Waals surface area contributed by atoms with Crippen LogP contribution in [0.3, 0.4) is 0 Å². The average Bonchev–Trinajstić information content (AvgIpc) is 3.10. The standard InChI is InChI=1S/C16H15N3.C7H6FI2N.Pt/c1-3-7-14(8-4-1)11-16-17-13-19(18-16)12-15-9-5-2-6-10-15;8-7-3-1-6(2-4-7)5-11(9)10;/h1-10H,11-12H2,(H,17,18);1-4H,5H2;. The minimum atomic E-state index is -0.179. The van der Waals surface area contributed by atoms with E-state index in [-0.39, 0.29) is 5.82 Å². The fourth-order valence-electron chi connectivity index (χ4n) is 2.84. The number of aromatic amines is 1. The van der Waals surface area contributed by atoms with Crippen molar-refractivity contribution in [1.82, 2.24) is 16.1 Å². The summed E-state index contributed by atoms with van der Waals surface area (Å²) < 4.78 is 17.5. The van der Waals surface area contributed by atoms with Crippen molar-refractivity contribution in [3.05, 3.63) is 117 Å². The van der Waals surface area contributed by atoms with Crippen molar-refractivity contribution in [2.24, 2.45) is 0 Å². The zero-order valence-corrected chi connectivity index (χ0v) is 23.1. The van der Waals surface area contributed by atoms with Crippen molar-refractivity contribution in [1.29, 1.82) is 0 Å². The molecular weight excluding hydrogens is 800 g/mol. The van der Waals surface area contributed by atoms with E-state index in [0.717, 1.165) is 34.7 Å². The van der Waals surface area contributed by atoms with Gasteiger partial charge in [0.2, 0.25) is 0 Å². The Morgan fingerprint density at radius 1 is 0.839 bits per heavy atom. The van der Waals surface area contributed by atoms with Gasteiger partial charge in [-0.3, -0.25) is 0 Å². The minimum absolute atomic E-state index is 0.179. The Labute approximate surface area is 220 Å². The number of H-pyrrole nitrogens is 1. The van der Waals surface area contributed by atoms with Crippen LogP contribution in [0, 0.1) is 9.62 Å². The third-order valence-electron chi connectivity index (χ3n) is 4.30. The van der Waals surface area contributed by atoms with Crippen molar-refractivity contribution < 1.29 is 23.7 Å². The van der Waals surface area contributed by atoms with Crippen LogP contribution in [0.15, 0.2) is 84.9 Å². The van der Waals surface area contributed by atoms with Gasteiger partial charge in [-0.2, -0.15) is 1.33 Å². The summed E-state index contributed by atoms with van der Waals surface area (Å²) in [6, 6.07) is 27.3. The molecule has 0 amide bonds. The first-order valence-electron chi connectivity index (χ1n) is 9.52. The fourth-order valence-corrected chi connectivity index (χ4v) is 4.25. The molecule has 0 radical (unpaired) electrons. The first kappa shape index (κ1) is 24.5. The zero-order valence-electron chi connectivity index (χ0n) is 16.5. The predicted octanol–water partition coefficient (Wildman–Crippen LogP) is 6.26. The van der Waals surface area contributed by atoms with Crippen LogP contribution >= 0.6 is 45.7 Å². The van der Waals surface area contributed by atoms with Gasteiger partial charge >= 0.3 is 129 Å². The normalized spacial score (nSPS) is 10.6. The molecule has 0 aliphatic carbocycles. The molecular formula is C23H21FI2N4Pt. The van der Waals surface area contributed by atoms with Crippen molar-refractivity contribution in [2.75, 3.05) is 0 Å². The molecule has 0 saturated carbocycles. The summed E-state index contributed by atoms with van der Waals surface area (Å²) in [6.45, 7) is 1.63. The molecule has 0 fully saturated rings. The van der Waals surface area contributed by atoms with Crippen LogP contribution in [0.2, 0.25) is 0 Å². The van der Waals surface area contributed by atoms with Gasteiger partial charge in [0.15, 0.2) is 0 Å². The van der Waals surface area contributed by atoms with Crippen LogP contribution < -0.4 is 0 Å². The van der Waals surface area contributed by atoms with Gasteiger partial charge in [0, 0.05) is 52.3 Å². The number of aromatic nitrogens is 3. The Hall–Kier alpha value is -1.16. The molecule has 0 unspecified atom stereocenters. The first-order chi connectivity index (χ1) is 15.0.